The van der Waals surface area contributed by atoms with Gasteiger partial charge in [-0.25, -0.2) is 9.13 Å². The topological polar surface area (TPSA) is 237 Å². The number of aliphatic hydroxyl groups excluding tert-OH is 1. The summed E-state index contributed by atoms with van der Waals surface area (Å²) in [4.78, 5) is 73.0. The molecule has 0 bridgehead atoms. The highest BCUT2D eigenvalue weighted by atomic mass is 31.2. The van der Waals surface area contributed by atoms with Crippen LogP contribution >= 0.6 is 15.6 Å². The standard InChI is InChI=1S/C80H152O17P2/c1-7-9-11-13-15-17-19-21-23-24-25-26-28-30-34-38-46-52-58-64-79(84)96-75(68-90-77(82)62-56-50-44-37-33-29-27-22-20-18-16-14-12-10-8-2)70-94-98(86,87)92-66-74(81)67-93-99(88,89)95-71-76(69-91-78(83)63-57-51-45-41-40-43-49-55-61-73(5)6)97-80(85)65-59-53-47-39-35-31-32-36-42-48-54-60-72(3)4/h18,20,22,27,72-76,81H,7-17,19,21,23-26,28-71H2,1-6H3,(H,86,87)(H,88,89)/b20-18-,27-22-/t74-,75-,76-/m1/s1. The molecule has 0 radical (unpaired) electrons. The number of rotatable bonds is 77. The Morgan fingerprint density at radius 1 is 0.313 bits per heavy atom. The van der Waals surface area contributed by atoms with E-state index in [1.165, 1.54) is 193 Å². The lowest BCUT2D eigenvalue weighted by atomic mass is 10.0. The molecular weight excluding hydrogens is 1290 g/mol. The molecule has 0 rings (SSSR count). The van der Waals surface area contributed by atoms with Crippen molar-refractivity contribution >= 4 is 39.5 Å². The zero-order valence-corrected chi connectivity index (χ0v) is 66.1. The van der Waals surface area contributed by atoms with Gasteiger partial charge in [0.15, 0.2) is 12.2 Å². The van der Waals surface area contributed by atoms with Crippen molar-refractivity contribution in [2.45, 2.75) is 413 Å². The van der Waals surface area contributed by atoms with Crippen LogP contribution in [0.15, 0.2) is 24.3 Å². The number of aliphatic hydroxyl groups is 1. The third kappa shape index (κ3) is 73.6. The molecule has 0 amide bonds. The van der Waals surface area contributed by atoms with Crippen LogP contribution in [0.2, 0.25) is 0 Å². The van der Waals surface area contributed by atoms with Gasteiger partial charge < -0.3 is 33.8 Å². The molecule has 19 heteroatoms. The smallest absolute Gasteiger partial charge is 0.462 e. The zero-order chi connectivity index (χ0) is 72.8. The number of hydrogen-bond acceptors (Lipinski definition) is 15. The molecule has 99 heavy (non-hydrogen) atoms. The van der Waals surface area contributed by atoms with Gasteiger partial charge in [-0.2, -0.15) is 0 Å². The normalized spacial score (nSPS) is 14.1. The van der Waals surface area contributed by atoms with E-state index >= 15 is 0 Å². The van der Waals surface area contributed by atoms with Gasteiger partial charge in [0.25, 0.3) is 0 Å². The van der Waals surface area contributed by atoms with Crippen molar-refractivity contribution in [3.05, 3.63) is 24.3 Å². The SMILES string of the molecule is CCCCCC/C=C\C=C/CCCCCCCC(=O)OC[C@H](COP(=O)(O)OC[C@@H](O)COP(=O)(O)OC[C@@H](COC(=O)CCCCCCCCCCC(C)C)OC(=O)CCCCCCCCCCCCCC(C)C)OC(=O)CCCCCCCCCCCCCCCCCCCCC. The van der Waals surface area contributed by atoms with E-state index in [2.05, 4.69) is 65.8 Å². The molecule has 0 fully saturated rings. The third-order valence-electron chi connectivity index (χ3n) is 18.1. The Morgan fingerprint density at radius 2 is 0.545 bits per heavy atom. The lowest BCUT2D eigenvalue weighted by Crippen LogP contribution is -2.30. The van der Waals surface area contributed by atoms with Gasteiger partial charge in [-0.05, 0) is 63.2 Å². The van der Waals surface area contributed by atoms with E-state index < -0.39 is 97.5 Å². The van der Waals surface area contributed by atoms with Gasteiger partial charge in [0.05, 0.1) is 26.4 Å². The lowest BCUT2D eigenvalue weighted by Gasteiger charge is -2.21. The molecule has 0 aliphatic heterocycles. The number of unbranched alkanes of at least 4 members (excludes halogenated alkanes) is 44. The number of allylic oxidation sites excluding steroid dienone is 4. The highest BCUT2D eigenvalue weighted by molar-refractivity contribution is 7.47. The third-order valence-corrected chi connectivity index (χ3v) is 20.0. The van der Waals surface area contributed by atoms with Crippen molar-refractivity contribution in [1.29, 1.82) is 0 Å². The molecule has 0 aromatic rings. The molecule has 0 aliphatic rings. The van der Waals surface area contributed by atoms with Gasteiger partial charge in [0.1, 0.15) is 19.3 Å². The van der Waals surface area contributed by atoms with E-state index in [-0.39, 0.29) is 25.7 Å². The van der Waals surface area contributed by atoms with Crippen LogP contribution in [0, 0.1) is 11.8 Å². The van der Waals surface area contributed by atoms with Gasteiger partial charge >= 0.3 is 39.5 Å². The number of carbonyl (C=O) groups is 4. The largest absolute Gasteiger partial charge is 0.472 e. The fraction of sp³-hybridized carbons (Fsp3) is 0.900. The first kappa shape index (κ1) is 96.5. The second kappa shape index (κ2) is 71.2. The Kier molecular flexibility index (Phi) is 69.4. The Labute approximate surface area is 605 Å². The van der Waals surface area contributed by atoms with Crippen LogP contribution in [0.3, 0.4) is 0 Å². The summed E-state index contributed by atoms with van der Waals surface area (Å²) in [5.74, 6) is -0.653. The molecule has 0 saturated carbocycles. The second-order valence-corrected chi connectivity index (χ2v) is 32.0. The second-order valence-electron chi connectivity index (χ2n) is 29.1. The minimum absolute atomic E-state index is 0.102. The van der Waals surface area contributed by atoms with Crippen molar-refractivity contribution in [1.82, 2.24) is 0 Å². The molecule has 0 aliphatic carbocycles. The minimum atomic E-state index is -4.97. The minimum Gasteiger partial charge on any atom is -0.462 e. The molecular formula is C80H152O17P2. The van der Waals surface area contributed by atoms with Crippen LogP contribution < -0.4 is 0 Å². The van der Waals surface area contributed by atoms with Gasteiger partial charge in [0, 0.05) is 25.7 Å². The molecule has 0 saturated heterocycles. The maximum Gasteiger partial charge on any atom is 0.472 e. The Balaban J connectivity index is 5.28. The van der Waals surface area contributed by atoms with Crippen LogP contribution in [-0.4, -0.2) is 96.7 Å². The number of esters is 4. The highest BCUT2D eigenvalue weighted by Crippen LogP contribution is 2.45. The van der Waals surface area contributed by atoms with Gasteiger partial charge in [0.2, 0.25) is 0 Å². The summed E-state index contributed by atoms with van der Waals surface area (Å²) in [6.07, 6.45) is 63.3. The van der Waals surface area contributed by atoms with Crippen molar-refractivity contribution in [3.63, 3.8) is 0 Å². The molecule has 0 aromatic heterocycles. The summed E-state index contributed by atoms with van der Waals surface area (Å²) in [5.41, 5.74) is 0. The molecule has 2 unspecified atom stereocenters. The number of ether oxygens (including phenoxy) is 4. The number of phosphoric acid groups is 2. The van der Waals surface area contributed by atoms with Crippen molar-refractivity contribution in [2.24, 2.45) is 11.8 Å². The van der Waals surface area contributed by atoms with Crippen LogP contribution in [0.4, 0.5) is 0 Å². The summed E-state index contributed by atoms with van der Waals surface area (Å²) in [5, 5.41) is 10.6. The quantitative estimate of drug-likeness (QED) is 0.0169. The zero-order valence-electron chi connectivity index (χ0n) is 64.3. The van der Waals surface area contributed by atoms with Gasteiger partial charge in [-0.15, -0.1) is 0 Å². The van der Waals surface area contributed by atoms with Crippen LogP contribution in [0.1, 0.15) is 395 Å². The summed E-state index contributed by atoms with van der Waals surface area (Å²) in [6, 6.07) is 0. The van der Waals surface area contributed by atoms with Gasteiger partial charge in [-0.1, -0.05) is 342 Å². The first-order valence-corrected chi connectivity index (χ1v) is 43.8. The molecule has 5 atom stereocenters. The average molecular weight is 1450 g/mol. The fourth-order valence-corrected chi connectivity index (χ4v) is 13.4. The van der Waals surface area contributed by atoms with Gasteiger partial charge in [-0.3, -0.25) is 37.3 Å². The number of phosphoric ester groups is 2. The molecule has 0 spiro atoms. The summed E-state index contributed by atoms with van der Waals surface area (Å²) < 4.78 is 68.6. The predicted molar refractivity (Wildman–Crippen MR) is 404 cm³/mol. The monoisotopic (exact) mass is 1450 g/mol. The van der Waals surface area contributed by atoms with Crippen LogP contribution in [0.5, 0.6) is 0 Å². The summed E-state index contributed by atoms with van der Waals surface area (Å²) in [6.45, 7) is 9.52. The fourth-order valence-electron chi connectivity index (χ4n) is 11.8. The maximum atomic E-state index is 13.1. The lowest BCUT2D eigenvalue weighted by molar-refractivity contribution is -0.161. The molecule has 0 aromatic carbocycles. The number of carbonyl (C=O) groups excluding carboxylic acids is 4. The maximum absolute atomic E-state index is 13.1. The summed E-state index contributed by atoms with van der Waals surface area (Å²) in [7, 11) is -9.93. The van der Waals surface area contributed by atoms with Crippen molar-refractivity contribution in [3.8, 4) is 0 Å². The molecule has 0 heterocycles. The van der Waals surface area contributed by atoms with Crippen molar-refractivity contribution in [2.75, 3.05) is 39.6 Å². The van der Waals surface area contributed by atoms with E-state index in [9.17, 15) is 43.2 Å². The Bertz CT molecular complexity index is 2000. The van der Waals surface area contributed by atoms with E-state index in [0.29, 0.717) is 25.7 Å². The van der Waals surface area contributed by atoms with Crippen LogP contribution in [-0.2, 0) is 65.4 Å². The van der Waals surface area contributed by atoms with E-state index in [1.54, 1.807) is 0 Å². The summed E-state index contributed by atoms with van der Waals surface area (Å²) >= 11 is 0. The molecule has 584 valence electrons. The predicted octanol–water partition coefficient (Wildman–Crippen LogP) is 23.4. The van der Waals surface area contributed by atoms with E-state index in [4.69, 9.17) is 37.0 Å². The first-order valence-electron chi connectivity index (χ1n) is 40.8. The first-order chi connectivity index (χ1) is 47.9. The van der Waals surface area contributed by atoms with E-state index in [0.717, 1.165) is 121 Å². The molecule has 3 N–H and O–H groups in total. The Hall–Kier alpha value is -2.46. The van der Waals surface area contributed by atoms with Crippen LogP contribution in [0.25, 0.3) is 0 Å². The van der Waals surface area contributed by atoms with Crippen molar-refractivity contribution < 1.29 is 80.2 Å². The van der Waals surface area contributed by atoms with E-state index in [1.807, 2.05) is 0 Å². The Morgan fingerprint density at radius 3 is 0.828 bits per heavy atom. The average Bonchev–Trinajstić information content (AvgIpc) is 1.02. The number of hydrogen-bond donors (Lipinski definition) is 3. The molecule has 17 nitrogen and oxygen atoms in total. The highest BCUT2D eigenvalue weighted by Gasteiger charge is 2.30.